The SMILES string of the molecule is COCCn1c(C(=O)Nc2cccc(OC)c2)cc2c1c1ccccc1n2C(C)C. The van der Waals surface area contributed by atoms with Gasteiger partial charge in [0.05, 0.1) is 30.3 Å². The van der Waals surface area contributed by atoms with Crippen molar-refractivity contribution in [1.29, 1.82) is 0 Å². The number of ether oxygens (including phenoxy) is 2. The van der Waals surface area contributed by atoms with Crippen LogP contribution < -0.4 is 10.1 Å². The van der Waals surface area contributed by atoms with Crippen molar-refractivity contribution in [2.45, 2.75) is 26.4 Å². The Hall–Kier alpha value is -3.25. The lowest BCUT2D eigenvalue weighted by Crippen LogP contribution is -2.18. The number of para-hydroxylation sites is 1. The summed E-state index contributed by atoms with van der Waals surface area (Å²) < 4.78 is 15.0. The predicted octanol–water partition coefficient (Wildman–Crippen LogP) is 5.08. The van der Waals surface area contributed by atoms with Gasteiger partial charge >= 0.3 is 0 Å². The maximum absolute atomic E-state index is 13.3. The van der Waals surface area contributed by atoms with Crippen LogP contribution in [0.3, 0.4) is 0 Å². The second-order valence-electron chi connectivity index (χ2n) is 7.57. The number of nitrogens with one attached hydrogen (secondary N) is 1. The van der Waals surface area contributed by atoms with Gasteiger partial charge in [-0.05, 0) is 38.1 Å². The summed E-state index contributed by atoms with van der Waals surface area (Å²) in [6.45, 7) is 5.43. The molecule has 1 amide bonds. The Morgan fingerprint density at radius 2 is 1.83 bits per heavy atom. The number of fused-ring (bicyclic) bond motifs is 3. The van der Waals surface area contributed by atoms with Gasteiger partial charge in [0.1, 0.15) is 11.4 Å². The molecule has 2 heterocycles. The zero-order chi connectivity index (χ0) is 21.3. The molecule has 4 aromatic rings. The van der Waals surface area contributed by atoms with Crippen molar-refractivity contribution in [2.24, 2.45) is 0 Å². The average Bonchev–Trinajstić information content (AvgIpc) is 3.26. The van der Waals surface area contributed by atoms with E-state index in [9.17, 15) is 4.79 Å². The van der Waals surface area contributed by atoms with E-state index >= 15 is 0 Å². The molecule has 0 spiro atoms. The number of nitrogens with zero attached hydrogens (tertiary/aromatic N) is 2. The fraction of sp³-hybridized carbons (Fsp3) is 0.292. The van der Waals surface area contributed by atoms with Crippen LogP contribution in [0.1, 0.15) is 30.4 Å². The molecule has 156 valence electrons. The molecule has 0 aliphatic carbocycles. The number of aromatic nitrogens is 2. The Morgan fingerprint density at radius 3 is 2.57 bits per heavy atom. The van der Waals surface area contributed by atoms with E-state index in [0.717, 1.165) is 16.4 Å². The largest absolute Gasteiger partial charge is 0.497 e. The first-order valence-electron chi connectivity index (χ1n) is 10.1. The highest BCUT2D eigenvalue weighted by atomic mass is 16.5. The molecule has 1 N–H and O–H groups in total. The second kappa shape index (κ2) is 8.24. The molecule has 2 aromatic heterocycles. The molecule has 30 heavy (non-hydrogen) atoms. The molecule has 4 rings (SSSR count). The quantitative estimate of drug-likeness (QED) is 0.466. The molecule has 6 nitrogen and oxygen atoms in total. The van der Waals surface area contributed by atoms with Gasteiger partial charge in [-0.25, -0.2) is 0 Å². The van der Waals surface area contributed by atoms with Crippen LogP contribution in [-0.2, 0) is 11.3 Å². The van der Waals surface area contributed by atoms with Crippen LogP contribution in [0.2, 0.25) is 0 Å². The van der Waals surface area contributed by atoms with Crippen molar-refractivity contribution < 1.29 is 14.3 Å². The third-order valence-corrected chi connectivity index (χ3v) is 5.35. The Kier molecular flexibility index (Phi) is 5.50. The first-order chi connectivity index (χ1) is 14.5. The summed E-state index contributed by atoms with van der Waals surface area (Å²) >= 11 is 0. The van der Waals surface area contributed by atoms with E-state index in [4.69, 9.17) is 9.47 Å². The second-order valence-corrected chi connectivity index (χ2v) is 7.57. The normalized spacial score (nSPS) is 11.5. The number of rotatable bonds is 7. The highest BCUT2D eigenvalue weighted by Gasteiger charge is 2.22. The van der Waals surface area contributed by atoms with Crippen LogP contribution in [0.15, 0.2) is 54.6 Å². The van der Waals surface area contributed by atoms with Crippen molar-refractivity contribution in [3.05, 3.63) is 60.3 Å². The molecule has 0 bridgehead atoms. The lowest BCUT2D eigenvalue weighted by molar-refractivity contribution is 0.101. The average molecular weight is 405 g/mol. The van der Waals surface area contributed by atoms with Crippen LogP contribution in [0.25, 0.3) is 21.9 Å². The minimum absolute atomic E-state index is 0.157. The lowest BCUT2D eigenvalue weighted by Gasteiger charge is -2.12. The molecule has 0 unspecified atom stereocenters. The zero-order valence-corrected chi connectivity index (χ0v) is 17.8. The van der Waals surface area contributed by atoms with Crippen LogP contribution in [0.5, 0.6) is 5.75 Å². The minimum Gasteiger partial charge on any atom is -0.497 e. The molecule has 0 saturated carbocycles. The van der Waals surface area contributed by atoms with Gasteiger partial charge in [-0.3, -0.25) is 4.79 Å². The van der Waals surface area contributed by atoms with Gasteiger partial charge < -0.3 is 23.9 Å². The van der Waals surface area contributed by atoms with Gasteiger partial charge in [0.2, 0.25) is 0 Å². The van der Waals surface area contributed by atoms with E-state index in [1.54, 1.807) is 14.2 Å². The third-order valence-electron chi connectivity index (χ3n) is 5.35. The van der Waals surface area contributed by atoms with Gasteiger partial charge in [-0.2, -0.15) is 0 Å². The number of hydrogen-bond donors (Lipinski definition) is 1. The van der Waals surface area contributed by atoms with E-state index in [0.29, 0.717) is 30.3 Å². The van der Waals surface area contributed by atoms with E-state index in [1.165, 1.54) is 5.52 Å². The topological polar surface area (TPSA) is 57.4 Å². The zero-order valence-electron chi connectivity index (χ0n) is 17.8. The molecule has 0 saturated heterocycles. The van der Waals surface area contributed by atoms with Crippen molar-refractivity contribution in [2.75, 3.05) is 26.1 Å². The molecular weight excluding hydrogens is 378 g/mol. The number of carbonyl (C=O) groups excluding carboxylic acids is 1. The number of carbonyl (C=O) groups is 1. The van der Waals surface area contributed by atoms with Crippen LogP contribution in [0, 0.1) is 0 Å². The molecule has 0 fully saturated rings. The standard InChI is InChI=1S/C24H27N3O3/c1-16(2)27-20-11-6-5-10-19(20)23-21(27)15-22(26(23)12-13-29-3)24(28)25-17-8-7-9-18(14-17)30-4/h5-11,14-16H,12-13H2,1-4H3,(H,25,28). The van der Waals surface area contributed by atoms with Crippen molar-refractivity contribution >= 4 is 33.5 Å². The van der Waals surface area contributed by atoms with Crippen LogP contribution in [-0.4, -0.2) is 35.9 Å². The molecular formula is C24H27N3O3. The highest BCUT2D eigenvalue weighted by Crippen LogP contribution is 2.34. The highest BCUT2D eigenvalue weighted by molar-refractivity contribution is 6.12. The summed E-state index contributed by atoms with van der Waals surface area (Å²) in [6.07, 6.45) is 0. The van der Waals surface area contributed by atoms with E-state index in [-0.39, 0.29) is 11.9 Å². The minimum atomic E-state index is -0.157. The first-order valence-corrected chi connectivity index (χ1v) is 10.1. The number of benzene rings is 2. The third kappa shape index (κ3) is 3.44. The fourth-order valence-electron chi connectivity index (χ4n) is 4.07. The Bertz CT molecular complexity index is 1200. The number of anilines is 1. The summed E-state index contributed by atoms with van der Waals surface area (Å²) in [5, 5.41) is 4.14. The van der Waals surface area contributed by atoms with E-state index < -0.39 is 0 Å². The van der Waals surface area contributed by atoms with Crippen molar-refractivity contribution in [1.82, 2.24) is 9.13 Å². The Labute approximate surface area is 176 Å². The number of methoxy groups -OCH3 is 2. The molecule has 0 radical (unpaired) electrons. The predicted molar refractivity (Wildman–Crippen MR) is 121 cm³/mol. The Morgan fingerprint density at radius 1 is 1.03 bits per heavy atom. The summed E-state index contributed by atoms with van der Waals surface area (Å²) in [4.78, 5) is 13.3. The summed E-state index contributed by atoms with van der Waals surface area (Å²) in [6, 6.07) is 18.0. The molecule has 6 heteroatoms. The molecule has 0 aliphatic rings. The monoisotopic (exact) mass is 405 g/mol. The smallest absolute Gasteiger partial charge is 0.272 e. The molecule has 0 aliphatic heterocycles. The van der Waals surface area contributed by atoms with Gasteiger partial charge in [-0.1, -0.05) is 24.3 Å². The first kappa shape index (κ1) is 20.0. The van der Waals surface area contributed by atoms with E-state index in [1.807, 2.05) is 36.4 Å². The lowest BCUT2D eigenvalue weighted by atomic mass is 10.2. The number of amides is 1. The van der Waals surface area contributed by atoms with Gasteiger partial charge in [0, 0.05) is 36.8 Å². The Balaban J connectivity index is 1.86. The van der Waals surface area contributed by atoms with Gasteiger partial charge in [0.15, 0.2) is 0 Å². The maximum atomic E-state index is 13.3. The van der Waals surface area contributed by atoms with Crippen molar-refractivity contribution in [3.63, 3.8) is 0 Å². The van der Waals surface area contributed by atoms with Crippen LogP contribution in [0.4, 0.5) is 5.69 Å². The van der Waals surface area contributed by atoms with Gasteiger partial charge in [0.25, 0.3) is 5.91 Å². The van der Waals surface area contributed by atoms with Gasteiger partial charge in [-0.15, -0.1) is 0 Å². The van der Waals surface area contributed by atoms with E-state index in [2.05, 4.69) is 46.5 Å². The van der Waals surface area contributed by atoms with Crippen molar-refractivity contribution in [3.8, 4) is 5.75 Å². The summed E-state index contributed by atoms with van der Waals surface area (Å²) in [7, 11) is 3.29. The summed E-state index contributed by atoms with van der Waals surface area (Å²) in [5.41, 5.74) is 4.59. The number of hydrogen-bond acceptors (Lipinski definition) is 3. The molecule has 2 aromatic carbocycles. The summed E-state index contributed by atoms with van der Waals surface area (Å²) in [5.74, 6) is 0.542. The molecule has 0 atom stereocenters. The fourth-order valence-corrected chi connectivity index (χ4v) is 4.07. The maximum Gasteiger partial charge on any atom is 0.272 e. The van der Waals surface area contributed by atoms with Crippen LogP contribution >= 0.6 is 0 Å².